The van der Waals surface area contributed by atoms with E-state index >= 15 is 0 Å². The number of morpholine rings is 1. The predicted molar refractivity (Wildman–Crippen MR) is 130 cm³/mol. The van der Waals surface area contributed by atoms with E-state index in [1.54, 1.807) is 0 Å². The molecule has 2 N–H and O–H groups in total. The zero-order chi connectivity index (χ0) is 22.5. The standard InChI is InChI=1S/C26H25N5O2/c32-26(28-17-19-4-2-1-3-5-19)29-22-9-6-20(7-10-22)21-8-11-23-24(16-21)30-25(18-27-23)31-12-14-33-15-13-31/h1-11,16,18H,12-15,17H2,(H2,28,29,32). The van der Waals surface area contributed by atoms with E-state index in [1.165, 1.54) is 0 Å². The van der Waals surface area contributed by atoms with Crippen LogP contribution in [0.2, 0.25) is 0 Å². The van der Waals surface area contributed by atoms with Crippen molar-refractivity contribution < 1.29 is 9.53 Å². The summed E-state index contributed by atoms with van der Waals surface area (Å²) in [5.41, 5.74) is 5.61. The van der Waals surface area contributed by atoms with Crippen LogP contribution in [-0.4, -0.2) is 42.3 Å². The van der Waals surface area contributed by atoms with Crippen LogP contribution in [0.5, 0.6) is 0 Å². The van der Waals surface area contributed by atoms with Gasteiger partial charge in [0.05, 0.1) is 30.4 Å². The van der Waals surface area contributed by atoms with Crippen LogP contribution >= 0.6 is 0 Å². The Morgan fingerprint density at radius 1 is 0.909 bits per heavy atom. The third-order valence-electron chi connectivity index (χ3n) is 5.64. The molecule has 1 aliphatic rings. The van der Waals surface area contributed by atoms with E-state index in [1.807, 2.05) is 72.9 Å². The molecule has 3 aromatic carbocycles. The van der Waals surface area contributed by atoms with Crippen LogP contribution in [0.15, 0.2) is 79.0 Å². The lowest BCUT2D eigenvalue weighted by atomic mass is 10.0. The van der Waals surface area contributed by atoms with Crippen LogP contribution in [0, 0.1) is 0 Å². The lowest BCUT2D eigenvalue weighted by molar-refractivity contribution is 0.122. The highest BCUT2D eigenvalue weighted by molar-refractivity contribution is 5.90. The molecule has 1 aromatic heterocycles. The van der Waals surface area contributed by atoms with Crippen LogP contribution in [0.3, 0.4) is 0 Å². The van der Waals surface area contributed by atoms with Crippen LogP contribution in [-0.2, 0) is 11.3 Å². The highest BCUT2D eigenvalue weighted by atomic mass is 16.5. The first-order chi connectivity index (χ1) is 16.2. The van der Waals surface area contributed by atoms with Crippen molar-refractivity contribution in [3.63, 3.8) is 0 Å². The van der Waals surface area contributed by atoms with Crippen molar-refractivity contribution in [2.75, 3.05) is 36.5 Å². The van der Waals surface area contributed by atoms with Gasteiger partial charge in [-0.05, 0) is 41.0 Å². The van der Waals surface area contributed by atoms with Gasteiger partial charge in [0.2, 0.25) is 0 Å². The minimum atomic E-state index is -0.233. The summed E-state index contributed by atoms with van der Waals surface area (Å²) in [6, 6.07) is 23.5. The number of anilines is 2. The number of benzene rings is 3. The van der Waals surface area contributed by atoms with Crippen molar-refractivity contribution >= 4 is 28.6 Å². The number of hydrogen-bond donors (Lipinski definition) is 2. The number of hydrogen-bond acceptors (Lipinski definition) is 5. The van der Waals surface area contributed by atoms with Crippen molar-refractivity contribution in [2.24, 2.45) is 0 Å². The number of amides is 2. The Bertz CT molecular complexity index is 1240. The number of nitrogens with zero attached hydrogens (tertiary/aromatic N) is 3. The first-order valence-corrected chi connectivity index (χ1v) is 11.0. The van der Waals surface area contributed by atoms with Crippen LogP contribution in [0.1, 0.15) is 5.56 Å². The second-order valence-electron chi connectivity index (χ2n) is 7.90. The van der Waals surface area contributed by atoms with Crippen LogP contribution in [0.4, 0.5) is 16.3 Å². The van der Waals surface area contributed by atoms with Gasteiger partial charge in [-0.15, -0.1) is 0 Å². The summed E-state index contributed by atoms with van der Waals surface area (Å²) in [5.74, 6) is 0.879. The average molecular weight is 440 g/mol. The normalized spacial score (nSPS) is 13.6. The maximum absolute atomic E-state index is 12.2. The molecule has 33 heavy (non-hydrogen) atoms. The Morgan fingerprint density at radius 2 is 1.67 bits per heavy atom. The highest BCUT2D eigenvalue weighted by Gasteiger charge is 2.13. The van der Waals surface area contributed by atoms with Crippen molar-refractivity contribution in [2.45, 2.75) is 6.54 Å². The molecule has 0 aliphatic carbocycles. The maximum atomic E-state index is 12.2. The van der Waals surface area contributed by atoms with Crippen LogP contribution < -0.4 is 15.5 Å². The molecule has 5 rings (SSSR count). The van der Waals surface area contributed by atoms with Gasteiger partial charge in [-0.1, -0.05) is 48.5 Å². The van der Waals surface area contributed by atoms with Gasteiger partial charge in [0, 0.05) is 25.3 Å². The lowest BCUT2D eigenvalue weighted by Gasteiger charge is -2.27. The maximum Gasteiger partial charge on any atom is 0.319 e. The van der Waals surface area contributed by atoms with Gasteiger partial charge in [0.15, 0.2) is 0 Å². The van der Waals surface area contributed by atoms with Gasteiger partial charge in [0.25, 0.3) is 0 Å². The molecule has 166 valence electrons. The molecule has 0 atom stereocenters. The molecule has 2 heterocycles. The van der Waals surface area contributed by atoms with E-state index in [9.17, 15) is 4.79 Å². The van der Waals surface area contributed by atoms with Gasteiger partial charge >= 0.3 is 6.03 Å². The molecule has 0 unspecified atom stereocenters. The number of ether oxygens (including phenoxy) is 1. The van der Waals surface area contributed by atoms with E-state index in [0.717, 1.165) is 52.3 Å². The van der Waals surface area contributed by atoms with E-state index in [0.29, 0.717) is 19.8 Å². The van der Waals surface area contributed by atoms with Gasteiger partial charge in [-0.2, -0.15) is 0 Å². The topological polar surface area (TPSA) is 79.4 Å². The molecule has 0 spiro atoms. The molecule has 7 heteroatoms. The summed E-state index contributed by atoms with van der Waals surface area (Å²) in [6.07, 6.45) is 1.83. The summed E-state index contributed by atoms with van der Waals surface area (Å²) < 4.78 is 5.43. The first-order valence-electron chi connectivity index (χ1n) is 11.0. The van der Waals surface area contributed by atoms with Gasteiger partial charge in [-0.3, -0.25) is 4.98 Å². The van der Waals surface area contributed by atoms with E-state index < -0.39 is 0 Å². The smallest absolute Gasteiger partial charge is 0.319 e. The molecule has 1 fully saturated rings. The van der Waals surface area contributed by atoms with E-state index in [-0.39, 0.29) is 6.03 Å². The summed E-state index contributed by atoms with van der Waals surface area (Å²) in [4.78, 5) is 23.8. The van der Waals surface area contributed by atoms with Gasteiger partial charge in [-0.25, -0.2) is 9.78 Å². The third kappa shape index (κ3) is 5.10. The largest absolute Gasteiger partial charge is 0.378 e. The highest BCUT2D eigenvalue weighted by Crippen LogP contribution is 2.25. The number of fused-ring (bicyclic) bond motifs is 1. The average Bonchev–Trinajstić information content (AvgIpc) is 2.88. The molecule has 1 saturated heterocycles. The Kier molecular flexibility index (Phi) is 6.12. The molecule has 7 nitrogen and oxygen atoms in total. The minimum Gasteiger partial charge on any atom is -0.378 e. The summed E-state index contributed by atoms with van der Waals surface area (Å²) in [6.45, 7) is 3.56. The lowest BCUT2D eigenvalue weighted by Crippen LogP contribution is -2.36. The molecule has 0 radical (unpaired) electrons. The fraction of sp³-hybridized carbons (Fsp3) is 0.192. The Morgan fingerprint density at radius 3 is 2.45 bits per heavy atom. The summed E-state index contributed by atoms with van der Waals surface area (Å²) in [7, 11) is 0. The number of carbonyl (C=O) groups excluding carboxylic acids is 1. The summed E-state index contributed by atoms with van der Waals surface area (Å²) >= 11 is 0. The zero-order valence-corrected chi connectivity index (χ0v) is 18.2. The first kappa shape index (κ1) is 20.9. The predicted octanol–water partition coefficient (Wildman–Crippen LogP) is 4.46. The zero-order valence-electron chi connectivity index (χ0n) is 18.2. The monoisotopic (exact) mass is 439 g/mol. The Labute approximate surface area is 192 Å². The fourth-order valence-corrected chi connectivity index (χ4v) is 3.83. The molecule has 1 aliphatic heterocycles. The second kappa shape index (κ2) is 9.67. The number of carbonyl (C=O) groups is 1. The number of nitrogens with one attached hydrogen (secondary N) is 2. The fourth-order valence-electron chi connectivity index (χ4n) is 3.83. The van der Waals surface area contributed by atoms with Crippen molar-refractivity contribution in [3.05, 3.63) is 84.6 Å². The molecule has 2 amide bonds. The van der Waals surface area contributed by atoms with Crippen molar-refractivity contribution in [3.8, 4) is 11.1 Å². The van der Waals surface area contributed by atoms with E-state index in [4.69, 9.17) is 9.72 Å². The molecule has 4 aromatic rings. The number of urea groups is 1. The van der Waals surface area contributed by atoms with Crippen molar-refractivity contribution in [1.82, 2.24) is 15.3 Å². The molecule has 0 bridgehead atoms. The van der Waals surface area contributed by atoms with Crippen molar-refractivity contribution in [1.29, 1.82) is 0 Å². The second-order valence-corrected chi connectivity index (χ2v) is 7.90. The Balaban J connectivity index is 1.26. The van der Waals surface area contributed by atoms with Gasteiger partial charge in [0.1, 0.15) is 5.82 Å². The third-order valence-corrected chi connectivity index (χ3v) is 5.64. The molecular weight excluding hydrogens is 414 g/mol. The SMILES string of the molecule is O=C(NCc1ccccc1)Nc1ccc(-c2ccc3ncc(N4CCOCC4)nc3c2)cc1. The van der Waals surface area contributed by atoms with E-state index in [2.05, 4.69) is 26.6 Å². The number of aromatic nitrogens is 2. The van der Waals surface area contributed by atoms with Crippen LogP contribution in [0.25, 0.3) is 22.2 Å². The summed E-state index contributed by atoms with van der Waals surface area (Å²) in [5, 5.41) is 5.75. The quantitative estimate of drug-likeness (QED) is 0.480. The minimum absolute atomic E-state index is 0.233. The van der Waals surface area contributed by atoms with Gasteiger partial charge < -0.3 is 20.3 Å². The molecule has 0 saturated carbocycles. The molecular formula is C26H25N5O2. The number of rotatable bonds is 5. The Hall–Kier alpha value is -3.97.